The molecule has 1 aliphatic heterocycles. The molecule has 0 bridgehead atoms. The van der Waals surface area contributed by atoms with E-state index in [4.69, 9.17) is 0 Å². The molecule has 2 aromatic heterocycles. The molecule has 3 rings (SSSR count). The maximum Gasteiger partial charge on any atom is 0.223 e. The summed E-state index contributed by atoms with van der Waals surface area (Å²) in [4.78, 5) is 23.1. The number of nitrogens with zero attached hydrogens (tertiary/aromatic N) is 3. The van der Waals surface area contributed by atoms with E-state index in [2.05, 4.69) is 20.2 Å². The highest BCUT2D eigenvalue weighted by molar-refractivity contribution is 5.78. The number of nitrogens with one attached hydrogen (secondary N) is 1. The van der Waals surface area contributed by atoms with Crippen LogP contribution in [0.2, 0.25) is 0 Å². The zero-order valence-electron chi connectivity index (χ0n) is 13.2. The van der Waals surface area contributed by atoms with Crippen LogP contribution in [0.1, 0.15) is 24.1 Å². The fourth-order valence-electron chi connectivity index (χ4n) is 2.91. The average molecular weight is 310 g/mol. The normalized spacial score (nSPS) is 16.2. The summed E-state index contributed by atoms with van der Waals surface area (Å²) in [5, 5.41) is 3.02. The monoisotopic (exact) mass is 310 g/mol. The number of rotatable bonds is 5. The molecule has 0 radical (unpaired) electrons. The molecule has 23 heavy (non-hydrogen) atoms. The lowest BCUT2D eigenvalue weighted by Crippen LogP contribution is -2.40. The number of aromatic nitrogens is 2. The van der Waals surface area contributed by atoms with Gasteiger partial charge in [-0.15, -0.1) is 0 Å². The molecule has 3 heterocycles. The first kappa shape index (κ1) is 15.6. The summed E-state index contributed by atoms with van der Waals surface area (Å²) in [6.07, 6.45) is 7.17. The van der Waals surface area contributed by atoms with Crippen molar-refractivity contribution in [3.63, 3.8) is 0 Å². The number of likely N-dealkylation sites (tertiary alicyclic amines) is 1. The lowest BCUT2D eigenvalue weighted by atomic mass is 9.95. The molecule has 0 aromatic carbocycles. The van der Waals surface area contributed by atoms with Gasteiger partial charge >= 0.3 is 0 Å². The van der Waals surface area contributed by atoms with Gasteiger partial charge < -0.3 is 5.32 Å². The smallest absolute Gasteiger partial charge is 0.223 e. The van der Waals surface area contributed by atoms with E-state index in [9.17, 15) is 4.79 Å². The van der Waals surface area contributed by atoms with Crippen molar-refractivity contribution in [1.29, 1.82) is 0 Å². The van der Waals surface area contributed by atoms with Crippen molar-refractivity contribution < 1.29 is 4.79 Å². The van der Waals surface area contributed by atoms with Crippen LogP contribution in [0.4, 0.5) is 0 Å². The fourth-order valence-corrected chi connectivity index (χ4v) is 2.91. The standard InChI is InChI=1S/C18H22N4O/c23-18(21-13-15-4-3-8-19-12-15)16-6-10-22(11-7-16)14-17-5-1-2-9-20-17/h1-5,8-9,12,16H,6-7,10-11,13-14H2,(H,21,23). The Bertz CT molecular complexity index is 609. The molecule has 1 fully saturated rings. The van der Waals surface area contributed by atoms with Crippen molar-refractivity contribution in [1.82, 2.24) is 20.2 Å². The van der Waals surface area contributed by atoms with E-state index in [1.165, 1.54) is 0 Å². The molecule has 0 atom stereocenters. The third-order valence-corrected chi connectivity index (χ3v) is 4.26. The molecule has 120 valence electrons. The SMILES string of the molecule is O=C(NCc1cccnc1)C1CCN(Cc2ccccn2)CC1. The van der Waals surface area contributed by atoms with Gasteiger partial charge in [0.05, 0.1) is 5.69 Å². The number of hydrogen-bond acceptors (Lipinski definition) is 4. The first-order valence-corrected chi connectivity index (χ1v) is 8.10. The zero-order valence-corrected chi connectivity index (χ0v) is 13.2. The topological polar surface area (TPSA) is 58.1 Å². The van der Waals surface area contributed by atoms with Crippen molar-refractivity contribution in [2.45, 2.75) is 25.9 Å². The summed E-state index contributed by atoms with van der Waals surface area (Å²) < 4.78 is 0. The summed E-state index contributed by atoms with van der Waals surface area (Å²) >= 11 is 0. The lowest BCUT2D eigenvalue weighted by molar-refractivity contribution is -0.126. The highest BCUT2D eigenvalue weighted by Gasteiger charge is 2.24. The third kappa shape index (κ3) is 4.60. The summed E-state index contributed by atoms with van der Waals surface area (Å²) in [6.45, 7) is 3.31. The maximum atomic E-state index is 12.3. The van der Waals surface area contributed by atoms with Crippen LogP contribution in [0.3, 0.4) is 0 Å². The summed E-state index contributed by atoms with van der Waals surface area (Å²) in [5.41, 5.74) is 2.13. The van der Waals surface area contributed by atoms with Crippen molar-refractivity contribution in [3.05, 3.63) is 60.2 Å². The maximum absolute atomic E-state index is 12.3. The molecule has 5 heteroatoms. The Morgan fingerprint density at radius 2 is 2.04 bits per heavy atom. The Morgan fingerprint density at radius 1 is 1.17 bits per heavy atom. The number of piperidine rings is 1. The van der Waals surface area contributed by atoms with Crippen LogP contribution < -0.4 is 5.32 Å². The van der Waals surface area contributed by atoms with E-state index in [1.54, 1.807) is 12.4 Å². The van der Waals surface area contributed by atoms with Crippen LogP contribution in [-0.4, -0.2) is 33.9 Å². The molecule has 0 spiro atoms. The molecular weight excluding hydrogens is 288 g/mol. The molecule has 2 aromatic rings. The van der Waals surface area contributed by atoms with Crippen LogP contribution in [0.15, 0.2) is 48.9 Å². The van der Waals surface area contributed by atoms with Crippen molar-refractivity contribution >= 4 is 5.91 Å². The second kappa shape index (κ2) is 7.83. The minimum Gasteiger partial charge on any atom is -0.352 e. The van der Waals surface area contributed by atoms with Crippen molar-refractivity contribution in [3.8, 4) is 0 Å². The Morgan fingerprint density at radius 3 is 2.74 bits per heavy atom. The Balaban J connectivity index is 1.42. The molecule has 0 unspecified atom stereocenters. The van der Waals surface area contributed by atoms with E-state index in [-0.39, 0.29) is 11.8 Å². The van der Waals surface area contributed by atoms with E-state index in [0.717, 1.165) is 43.7 Å². The average Bonchev–Trinajstić information content (AvgIpc) is 2.62. The summed E-state index contributed by atoms with van der Waals surface area (Å²) in [7, 11) is 0. The minimum atomic E-state index is 0.117. The second-order valence-electron chi connectivity index (χ2n) is 5.95. The molecule has 1 amide bonds. The molecule has 1 saturated heterocycles. The largest absolute Gasteiger partial charge is 0.352 e. The second-order valence-corrected chi connectivity index (χ2v) is 5.95. The number of amides is 1. The predicted octanol–water partition coefficient (Wildman–Crippen LogP) is 2.00. The fraction of sp³-hybridized carbons (Fsp3) is 0.389. The Kier molecular flexibility index (Phi) is 5.32. The van der Waals surface area contributed by atoms with Gasteiger partial charge in [-0.2, -0.15) is 0 Å². The predicted molar refractivity (Wildman–Crippen MR) is 88.3 cm³/mol. The Hall–Kier alpha value is -2.27. The number of carbonyl (C=O) groups excluding carboxylic acids is 1. The van der Waals surface area contributed by atoms with Gasteiger partial charge in [0, 0.05) is 37.6 Å². The van der Waals surface area contributed by atoms with Crippen molar-refractivity contribution in [2.75, 3.05) is 13.1 Å². The van der Waals surface area contributed by atoms with Crippen molar-refractivity contribution in [2.24, 2.45) is 5.92 Å². The highest BCUT2D eigenvalue weighted by atomic mass is 16.1. The van der Waals surface area contributed by atoms with Crippen LogP contribution >= 0.6 is 0 Å². The van der Waals surface area contributed by atoms with Crippen LogP contribution in [0.25, 0.3) is 0 Å². The quantitative estimate of drug-likeness (QED) is 0.918. The van der Waals surface area contributed by atoms with E-state index in [0.29, 0.717) is 6.54 Å². The van der Waals surface area contributed by atoms with Gasteiger partial charge in [0.25, 0.3) is 0 Å². The Labute approximate surface area is 136 Å². The van der Waals surface area contributed by atoms with Gasteiger partial charge in [0.1, 0.15) is 0 Å². The molecule has 0 saturated carbocycles. The van der Waals surface area contributed by atoms with Gasteiger partial charge in [-0.3, -0.25) is 19.7 Å². The van der Waals surface area contributed by atoms with Gasteiger partial charge in [0.15, 0.2) is 0 Å². The van der Waals surface area contributed by atoms with E-state index >= 15 is 0 Å². The van der Waals surface area contributed by atoms with E-state index in [1.807, 2.05) is 36.5 Å². The number of pyridine rings is 2. The van der Waals surface area contributed by atoms with Crippen LogP contribution in [0.5, 0.6) is 0 Å². The van der Waals surface area contributed by atoms with Gasteiger partial charge in [-0.1, -0.05) is 12.1 Å². The van der Waals surface area contributed by atoms with Crippen LogP contribution in [0, 0.1) is 5.92 Å². The third-order valence-electron chi connectivity index (χ3n) is 4.26. The summed E-state index contributed by atoms with van der Waals surface area (Å²) in [6, 6.07) is 9.86. The molecule has 5 nitrogen and oxygen atoms in total. The summed E-state index contributed by atoms with van der Waals surface area (Å²) in [5.74, 6) is 0.276. The van der Waals surface area contributed by atoms with E-state index < -0.39 is 0 Å². The first-order valence-electron chi connectivity index (χ1n) is 8.10. The lowest BCUT2D eigenvalue weighted by Gasteiger charge is -2.31. The molecule has 1 N–H and O–H groups in total. The van der Waals surface area contributed by atoms with Gasteiger partial charge in [-0.25, -0.2) is 0 Å². The minimum absolute atomic E-state index is 0.117. The first-order chi connectivity index (χ1) is 11.3. The number of carbonyl (C=O) groups is 1. The molecule has 0 aliphatic carbocycles. The zero-order chi connectivity index (χ0) is 15.9. The number of hydrogen-bond donors (Lipinski definition) is 1. The van der Waals surface area contributed by atoms with Gasteiger partial charge in [-0.05, 0) is 49.7 Å². The molecular formula is C18H22N4O. The van der Waals surface area contributed by atoms with Gasteiger partial charge in [0.2, 0.25) is 5.91 Å². The van der Waals surface area contributed by atoms with Crippen LogP contribution in [-0.2, 0) is 17.9 Å². The highest BCUT2D eigenvalue weighted by Crippen LogP contribution is 2.18. The molecule has 1 aliphatic rings.